The molecule has 0 aromatic heterocycles. The molecule has 1 heterocycles. The summed E-state index contributed by atoms with van der Waals surface area (Å²) in [4.78, 5) is 2.46. The average molecular weight is 740 g/mol. The van der Waals surface area contributed by atoms with Crippen LogP contribution in [0, 0.1) is 0 Å². The molecule has 10 aromatic rings. The molecule has 0 spiro atoms. The van der Waals surface area contributed by atoms with E-state index < -0.39 is 0 Å². The van der Waals surface area contributed by atoms with Gasteiger partial charge in [0, 0.05) is 17.1 Å². The van der Waals surface area contributed by atoms with Crippen LogP contribution in [0.25, 0.3) is 82.2 Å². The maximum absolute atomic E-state index is 2.46. The topological polar surface area (TPSA) is 3.24 Å². The van der Waals surface area contributed by atoms with Crippen molar-refractivity contribution in [2.75, 3.05) is 4.90 Å². The molecular weight excluding hydrogens is 699 g/mol. The van der Waals surface area contributed by atoms with Crippen molar-refractivity contribution in [2.24, 2.45) is 0 Å². The van der Waals surface area contributed by atoms with E-state index >= 15 is 0 Å². The number of hydrogen-bond acceptors (Lipinski definition) is 1. The van der Waals surface area contributed by atoms with Crippen LogP contribution < -0.4 is 4.90 Å². The van der Waals surface area contributed by atoms with Crippen LogP contribution in [-0.2, 0) is 0 Å². The normalized spacial score (nSPS) is 14.1. The van der Waals surface area contributed by atoms with E-state index in [9.17, 15) is 0 Å². The first-order valence-electron chi connectivity index (χ1n) is 20.4. The van der Waals surface area contributed by atoms with Gasteiger partial charge in [0.15, 0.2) is 0 Å². The summed E-state index contributed by atoms with van der Waals surface area (Å²) in [6.45, 7) is 2.34. The van der Waals surface area contributed by atoms with E-state index in [4.69, 9.17) is 0 Å². The Bertz CT molecular complexity index is 3230. The summed E-state index contributed by atoms with van der Waals surface area (Å²) in [5.74, 6) is 0.406. The molecule has 1 atom stereocenters. The van der Waals surface area contributed by atoms with E-state index in [1.165, 1.54) is 105 Å². The first-order valence-corrected chi connectivity index (χ1v) is 20.4. The van der Waals surface area contributed by atoms with Gasteiger partial charge in [-0.05, 0) is 142 Å². The molecule has 0 saturated heterocycles. The van der Waals surface area contributed by atoms with E-state index in [1.807, 2.05) is 0 Å². The largest absolute Gasteiger partial charge is 0.310 e. The van der Waals surface area contributed by atoms with Crippen LogP contribution >= 0.6 is 0 Å². The van der Waals surface area contributed by atoms with Gasteiger partial charge in [-0.2, -0.15) is 0 Å². The van der Waals surface area contributed by atoms with Gasteiger partial charge in [0.05, 0.1) is 0 Å². The molecule has 0 N–H and O–H groups in total. The lowest BCUT2D eigenvalue weighted by Crippen LogP contribution is -2.16. The summed E-state index contributed by atoms with van der Waals surface area (Å²) in [5.41, 5.74) is 13.6. The van der Waals surface area contributed by atoms with Crippen LogP contribution in [0.5, 0.6) is 0 Å². The summed E-state index contributed by atoms with van der Waals surface area (Å²) in [6.07, 6.45) is 3.41. The Kier molecular flexibility index (Phi) is 8.26. The van der Waals surface area contributed by atoms with Gasteiger partial charge in [-0.3, -0.25) is 0 Å². The van der Waals surface area contributed by atoms with Crippen molar-refractivity contribution in [1.29, 1.82) is 0 Å². The third-order valence-electron chi connectivity index (χ3n) is 12.2. The van der Waals surface area contributed by atoms with Gasteiger partial charge in [0.2, 0.25) is 0 Å². The molecule has 1 nitrogen and oxygen atoms in total. The predicted molar refractivity (Wildman–Crippen MR) is 249 cm³/mol. The molecule has 0 bridgehead atoms. The molecule has 58 heavy (non-hydrogen) atoms. The predicted octanol–water partition coefficient (Wildman–Crippen LogP) is 16.0. The van der Waals surface area contributed by atoms with Gasteiger partial charge >= 0.3 is 0 Å². The molecule has 0 saturated carbocycles. The third-order valence-corrected chi connectivity index (χ3v) is 12.2. The Morgan fingerprint density at radius 1 is 0.379 bits per heavy atom. The number of nitrogens with zero attached hydrogens (tertiary/aromatic N) is 1. The number of fused-ring (bicyclic) bond motifs is 5. The van der Waals surface area contributed by atoms with Gasteiger partial charge in [-0.15, -0.1) is 0 Å². The summed E-state index contributed by atoms with van der Waals surface area (Å²) in [7, 11) is 0. The molecule has 0 amide bonds. The molecule has 1 aliphatic heterocycles. The Balaban J connectivity index is 1.14. The Morgan fingerprint density at radius 3 is 1.62 bits per heavy atom. The van der Waals surface area contributed by atoms with Crippen molar-refractivity contribution >= 4 is 60.2 Å². The van der Waals surface area contributed by atoms with E-state index in [1.54, 1.807) is 0 Å². The minimum absolute atomic E-state index is 0.406. The standard InChI is InChI=1S/C57H41N/c1-38-26-33-54(58(48-20-3-2-4-21-48)55-25-12-11-22-49(38)55)45-19-13-18-43(34-45)44-31-32-52-53(37-44)57(47-30-28-40-15-6-8-17-42(40)36-47)51-24-10-9-23-50(51)56(52)46-29-27-39-14-5-7-16-41(39)35-46/h2-25,27-38H,26H2,1H3. The lowest BCUT2D eigenvalue weighted by atomic mass is 9.84. The number of benzene rings is 10. The Morgan fingerprint density at radius 2 is 0.914 bits per heavy atom. The molecule has 11 rings (SSSR count). The summed E-state index contributed by atoms with van der Waals surface area (Å²) in [6, 6.07) is 76.3. The number of para-hydroxylation sites is 2. The van der Waals surface area contributed by atoms with Crippen molar-refractivity contribution in [3.8, 4) is 33.4 Å². The van der Waals surface area contributed by atoms with Crippen LogP contribution in [0.4, 0.5) is 11.4 Å². The molecule has 0 radical (unpaired) electrons. The lowest BCUT2D eigenvalue weighted by molar-refractivity contribution is 0.788. The number of anilines is 2. The fourth-order valence-corrected chi connectivity index (χ4v) is 9.37. The highest BCUT2D eigenvalue weighted by Crippen LogP contribution is 2.47. The van der Waals surface area contributed by atoms with Crippen LogP contribution in [0.15, 0.2) is 212 Å². The molecule has 0 fully saturated rings. The van der Waals surface area contributed by atoms with Gasteiger partial charge in [-0.25, -0.2) is 0 Å². The van der Waals surface area contributed by atoms with Crippen LogP contribution in [0.1, 0.15) is 30.4 Å². The highest BCUT2D eigenvalue weighted by atomic mass is 15.2. The lowest BCUT2D eigenvalue weighted by Gasteiger charge is -2.29. The van der Waals surface area contributed by atoms with Crippen molar-refractivity contribution < 1.29 is 0 Å². The Hall–Kier alpha value is -7.22. The van der Waals surface area contributed by atoms with Gasteiger partial charge in [-0.1, -0.05) is 177 Å². The molecular formula is C57H41N. The minimum atomic E-state index is 0.406. The Labute approximate surface area is 339 Å². The highest BCUT2D eigenvalue weighted by Gasteiger charge is 2.25. The van der Waals surface area contributed by atoms with Crippen molar-refractivity contribution in [3.63, 3.8) is 0 Å². The molecule has 0 aliphatic carbocycles. The monoisotopic (exact) mass is 739 g/mol. The first-order chi connectivity index (χ1) is 28.7. The fraction of sp³-hybridized carbons (Fsp3) is 0.0526. The zero-order chi connectivity index (χ0) is 38.6. The van der Waals surface area contributed by atoms with Gasteiger partial charge < -0.3 is 4.90 Å². The molecule has 10 aromatic carbocycles. The smallest absolute Gasteiger partial charge is 0.0496 e. The zero-order valence-corrected chi connectivity index (χ0v) is 32.4. The zero-order valence-electron chi connectivity index (χ0n) is 32.4. The van der Waals surface area contributed by atoms with Crippen LogP contribution in [-0.4, -0.2) is 0 Å². The van der Waals surface area contributed by atoms with E-state index in [0.29, 0.717) is 5.92 Å². The molecule has 1 heteroatoms. The van der Waals surface area contributed by atoms with E-state index in [-0.39, 0.29) is 0 Å². The van der Waals surface area contributed by atoms with Crippen molar-refractivity contribution in [3.05, 3.63) is 223 Å². The maximum atomic E-state index is 2.46. The second-order valence-electron chi connectivity index (χ2n) is 15.7. The number of allylic oxidation sites excluding steroid dienone is 1. The average Bonchev–Trinajstić information content (AvgIpc) is 3.44. The second kappa shape index (κ2) is 14.1. The summed E-state index contributed by atoms with van der Waals surface area (Å²) >= 11 is 0. The minimum Gasteiger partial charge on any atom is -0.310 e. The highest BCUT2D eigenvalue weighted by molar-refractivity contribution is 6.22. The third kappa shape index (κ3) is 5.78. The maximum Gasteiger partial charge on any atom is 0.0496 e. The molecule has 1 aliphatic rings. The SMILES string of the molecule is CC1CC=C(c2cccc(-c3ccc4c(-c5ccc6ccccc6c5)c5ccccc5c(-c5ccc6ccccc6c5)c4c3)c2)N(c2ccccc2)c2ccccc21. The number of rotatable bonds is 5. The van der Waals surface area contributed by atoms with Crippen LogP contribution in [0.2, 0.25) is 0 Å². The van der Waals surface area contributed by atoms with Gasteiger partial charge in [0.25, 0.3) is 0 Å². The second-order valence-corrected chi connectivity index (χ2v) is 15.7. The number of hydrogen-bond donors (Lipinski definition) is 0. The summed E-state index contributed by atoms with van der Waals surface area (Å²) < 4.78 is 0. The quantitative estimate of drug-likeness (QED) is 0.159. The van der Waals surface area contributed by atoms with Gasteiger partial charge in [0.1, 0.15) is 0 Å². The van der Waals surface area contributed by atoms with E-state index in [0.717, 1.165) is 6.42 Å². The van der Waals surface area contributed by atoms with Crippen molar-refractivity contribution in [2.45, 2.75) is 19.3 Å². The first kappa shape index (κ1) is 34.1. The van der Waals surface area contributed by atoms with Crippen LogP contribution in [0.3, 0.4) is 0 Å². The van der Waals surface area contributed by atoms with Crippen molar-refractivity contribution in [1.82, 2.24) is 0 Å². The fourth-order valence-electron chi connectivity index (χ4n) is 9.37. The molecule has 1 unspecified atom stereocenters. The molecule has 274 valence electrons. The van der Waals surface area contributed by atoms with E-state index in [2.05, 4.69) is 224 Å². The summed E-state index contributed by atoms with van der Waals surface area (Å²) in [5, 5.41) is 10.0.